The Kier molecular flexibility index (Phi) is 2.33. The van der Waals surface area contributed by atoms with E-state index in [4.69, 9.17) is 0 Å². The second-order valence-corrected chi connectivity index (χ2v) is 3.30. The van der Waals surface area contributed by atoms with Crippen LogP contribution in [0.3, 0.4) is 0 Å². The molecule has 0 aliphatic heterocycles. The summed E-state index contributed by atoms with van der Waals surface area (Å²) in [6.45, 7) is 2.03. The molecule has 1 aromatic heterocycles. The average molecular weight is 202 g/mol. The highest BCUT2D eigenvalue weighted by atomic mass is 16.6. The molecule has 2 aromatic rings. The lowest BCUT2D eigenvalue weighted by molar-refractivity contribution is -0.383. The maximum Gasteiger partial charge on any atom is 0.295 e. The summed E-state index contributed by atoms with van der Waals surface area (Å²) in [5.74, 6) is 0. The zero-order valence-electron chi connectivity index (χ0n) is 8.30. The van der Waals surface area contributed by atoms with Gasteiger partial charge in [-0.15, -0.1) is 0 Å². The highest BCUT2D eigenvalue weighted by molar-refractivity contribution is 5.87. The lowest BCUT2D eigenvalue weighted by Crippen LogP contribution is -1.92. The van der Waals surface area contributed by atoms with Gasteiger partial charge in [0.1, 0.15) is 5.52 Å². The Labute approximate surface area is 86.7 Å². The van der Waals surface area contributed by atoms with Gasteiger partial charge in [-0.25, -0.2) is 4.98 Å². The van der Waals surface area contributed by atoms with Crippen LogP contribution in [-0.2, 0) is 6.42 Å². The van der Waals surface area contributed by atoms with Crippen LogP contribution >= 0.6 is 0 Å². The van der Waals surface area contributed by atoms with Crippen LogP contribution in [0.1, 0.15) is 12.5 Å². The highest BCUT2D eigenvalue weighted by Crippen LogP contribution is 2.23. The molecule has 0 spiro atoms. The second-order valence-electron chi connectivity index (χ2n) is 3.30. The summed E-state index contributed by atoms with van der Waals surface area (Å²) in [5.41, 5.74) is 1.61. The van der Waals surface area contributed by atoms with E-state index in [1.165, 1.54) is 6.07 Å². The van der Waals surface area contributed by atoms with Crippen LogP contribution in [0.4, 0.5) is 5.69 Å². The molecule has 0 radical (unpaired) electrons. The third-order valence-electron chi connectivity index (χ3n) is 2.35. The first-order valence-electron chi connectivity index (χ1n) is 4.74. The molecule has 0 atom stereocenters. The molecule has 4 heteroatoms. The van der Waals surface area contributed by atoms with Gasteiger partial charge in [0.25, 0.3) is 5.69 Å². The molecule has 76 valence electrons. The van der Waals surface area contributed by atoms with Crippen molar-refractivity contribution in [1.82, 2.24) is 4.98 Å². The minimum atomic E-state index is -0.402. The fourth-order valence-electron chi connectivity index (χ4n) is 1.53. The Bertz CT molecular complexity index is 523. The van der Waals surface area contributed by atoms with Crippen molar-refractivity contribution in [3.8, 4) is 0 Å². The molecule has 0 N–H and O–H groups in total. The summed E-state index contributed by atoms with van der Waals surface area (Å²) in [4.78, 5) is 14.5. The molecule has 0 aliphatic rings. The first kappa shape index (κ1) is 9.58. The largest absolute Gasteiger partial charge is 0.295 e. The van der Waals surface area contributed by atoms with Crippen molar-refractivity contribution in [1.29, 1.82) is 0 Å². The molecule has 2 rings (SSSR count). The van der Waals surface area contributed by atoms with Crippen molar-refractivity contribution in [2.45, 2.75) is 13.3 Å². The van der Waals surface area contributed by atoms with Gasteiger partial charge in [0.05, 0.1) is 4.92 Å². The molecule has 1 aromatic carbocycles. The van der Waals surface area contributed by atoms with E-state index in [-0.39, 0.29) is 5.69 Å². The SMILES string of the molecule is CCc1cnc2c([N+](=O)[O-])cccc2c1. The molecule has 4 nitrogen and oxygen atoms in total. The number of benzene rings is 1. The first-order chi connectivity index (χ1) is 7.22. The van der Waals surface area contributed by atoms with Gasteiger partial charge in [-0.3, -0.25) is 10.1 Å². The van der Waals surface area contributed by atoms with Crippen molar-refractivity contribution in [3.63, 3.8) is 0 Å². The van der Waals surface area contributed by atoms with E-state index in [1.807, 2.05) is 19.1 Å². The lowest BCUT2D eigenvalue weighted by Gasteiger charge is -2.00. The fraction of sp³-hybridized carbons (Fsp3) is 0.182. The standard InChI is InChI=1S/C11H10N2O2/c1-2-8-6-9-4-3-5-10(13(14)15)11(9)12-7-8/h3-7H,2H2,1H3. The van der Waals surface area contributed by atoms with Gasteiger partial charge < -0.3 is 0 Å². The summed E-state index contributed by atoms with van der Waals surface area (Å²) in [6, 6.07) is 6.94. The summed E-state index contributed by atoms with van der Waals surface area (Å²) in [6.07, 6.45) is 2.57. The van der Waals surface area contributed by atoms with E-state index in [9.17, 15) is 10.1 Å². The van der Waals surface area contributed by atoms with E-state index in [0.717, 1.165) is 17.4 Å². The summed E-state index contributed by atoms with van der Waals surface area (Å²) < 4.78 is 0. The molecule has 0 amide bonds. The second kappa shape index (κ2) is 3.65. The molecule has 1 heterocycles. The van der Waals surface area contributed by atoms with Crippen LogP contribution in [0, 0.1) is 10.1 Å². The smallest absolute Gasteiger partial charge is 0.258 e. The van der Waals surface area contributed by atoms with Gasteiger partial charge in [-0.2, -0.15) is 0 Å². The van der Waals surface area contributed by atoms with Crippen molar-refractivity contribution in [2.75, 3.05) is 0 Å². The highest BCUT2D eigenvalue weighted by Gasteiger charge is 2.11. The van der Waals surface area contributed by atoms with Gasteiger partial charge in [-0.05, 0) is 18.1 Å². The van der Waals surface area contributed by atoms with Gasteiger partial charge in [0.2, 0.25) is 0 Å². The number of non-ortho nitro benzene ring substituents is 1. The Hall–Kier alpha value is -1.97. The number of fused-ring (bicyclic) bond motifs is 1. The monoisotopic (exact) mass is 202 g/mol. The van der Waals surface area contributed by atoms with Crippen LogP contribution < -0.4 is 0 Å². The van der Waals surface area contributed by atoms with Gasteiger partial charge in [0.15, 0.2) is 0 Å². The number of nitro benzene ring substituents is 1. The number of aryl methyl sites for hydroxylation is 1. The minimum Gasteiger partial charge on any atom is -0.258 e. The Morgan fingerprint density at radius 1 is 1.47 bits per heavy atom. The topological polar surface area (TPSA) is 56.0 Å². The van der Waals surface area contributed by atoms with Crippen LogP contribution in [0.25, 0.3) is 10.9 Å². The first-order valence-corrected chi connectivity index (χ1v) is 4.74. The Balaban J connectivity index is 2.72. The van der Waals surface area contributed by atoms with Crippen molar-refractivity contribution >= 4 is 16.6 Å². The lowest BCUT2D eigenvalue weighted by atomic mass is 10.1. The van der Waals surface area contributed by atoms with Crippen LogP contribution in [0.5, 0.6) is 0 Å². The van der Waals surface area contributed by atoms with E-state index in [1.54, 1.807) is 12.3 Å². The van der Waals surface area contributed by atoms with E-state index in [0.29, 0.717) is 5.52 Å². The third-order valence-corrected chi connectivity index (χ3v) is 2.35. The Morgan fingerprint density at radius 3 is 2.93 bits per heavy atom. The van der Waals surface area contributed by atoms with Crippen molar-refractivity contribution in [2.24, 2.45) is 0 Å². The van der Waals surface area contributed by atoms with Gasteiger partial charge in [0, 0.05) is 17.6 Å². The molecule has 0 saturated heterocycles. The molecule has 0 unspecified atom stereocenters. The zero-order valence-corrected chi connectivity index (χ0v) is 8.30. The minimum absolute atomic E-state index is 0.0650. The zero-order chi connectivity index (χ0) is 10.8. The predicted molar refractivity (Wildman–Crippen MR) is 57.8 cm³/mol. The predicted octanol–water partition coefficient (Wildman–Crippen LogP) is 2.71. The molecular formula is C11H10N2O2. The van der Waals surface area contributed by atoms with E-state index in [2.05, 4.69) is 4.98 Å². The number of aromatic nitrogens is 1. The van der Waals surface area contributed by atoms with E-state index >= 15 is 0 Å². The molecule has 0 fully saturated rings. The average Bonchev–Trinajstić information content (AvgIpc) is 2.27. The Morgan fingerprint density at radius 2 is 2.27 bits per heavy atom. The summed E-state index contributed by atoms with van der Waals surface area (Å²) in [7, 11) is 0. The van der Waals surface area contributed by atoms with Gasteiger partial charge in [-0.1, -0.05) is 19.1 Å². The number of hydrogen-bond acceptors (Lipinski definition) is 3. The van der Waals surface area contributed by atoms with Crippen LogP contribution in [0.2, 0.25) is 0 Å². The van der Waals surface area contributed by atoms with Gasteiger partial charge >= 0.3 is 0 Å². The van der Waals surface area contributed by atoms with E-state index < -0.39 is 4.92 Å². The number of hydrogen-bond donors (Lipinski definition) is 0. The number of para-hydroxylation sites is 1. The maximum absolute atomic E-state index is 10.7. The molecule has 0 aliphatic carbocycles. The van der Waals surface area contributed by atoms with Crippen molar-refractivity contribution < 1.29 is 4.92 Å². The maximum atomic E-state index is 10.7. The fourth-order valence-corrected chi connectivity index (χ4v) is 1.53. The number of nitro groups is 1. The third kappa shape index (κ3) is 1.66. The quantitative estimate of drug-likeness (QED) is 0.555. The van der Waals surface area contributed by atoms with Crippen molar-refractivity contribution in [3.05, 3.63) is 46.1 Å². The number of rotatable bonds is 2. The molecule has 0 saturated carbocycles. The van der Waals surface area contributed by atoms with Crippen LogP contribution in [0.15, 0.2) is 30.5 Å². The summed E-state index contributed by atoms with van der Waals surface area (Å²) >= 11 is 0. The number of nitrogens with zero attached hydrogens (tertiary/aromatic N) is 2. The molecule has 0 bridgehead atoms. The molecule has 15 heavy (non-hydrogen) atoms. The number of pyridine rings is 1. The normalized spacial score (nSPS) is 10.5. The summed E-state index contributed by atoms with van der Waals surface area (Å²) in [5, 5.41) is 11.6. The van der Waals surface area contributed by atoms with Crippen LogP contribution in [-0.4, -0.2) is 9.91 Å². The molecular weight excluding hydrogens is 192 g/mol.